The van der Waals surface area contributed by atoms with Gasteiger partial charge in [-0.1, -0.05) is 181 Å². The standard InChI is InChI=1S/C39H82NO6P/c1-5-7-9-11-13-15-17-19-21-23-25-27-29-31-34-43-37-39(38-46-47(41,42)45-36-33-40(3)4)44-35-32-30-28-26-24-22-20-18-16-14-12-10-8-6-2/h39H,5-38H2,1-4H3,(H,41,42)/t39-/m1/s1. The molecule has 0 heterocycles. The zero-order valence-corrected chi connectivity index (χ0v) is 32.9. The normalized spacial score (nSPS) is 13.8. The van der Waals surface area contributed by atoms with Crippen molar-refractivity contribution in [3.05, 3.63) is 0 Å². The molecule has 7 nitrogen and oxygen atoms in total. The molecule has 0 aliphatic rings. The molecule has 47 heavy (non-hydrogen) atoms. The third-order valence-corrected chi connectivity index (χ3v) is 10.00. The number of unbranched alkanes of at least 4 members (excludes halogenated alkanes) is 26. The molecule has 0 fully saturated rings. The highest BCUT2D eigenvalue weighted by Crippen LogP contribution is 2.43. The first kappa shape index (κ1) is 47.0. The molecule has 0 aromatic heterocycles. The minimum absolute atomic E-state index is 0.00686. The van der Waals surface area contributed by atoms with Crippen LogP contribution in [0.15, 0.2) is 0 Å². The Morgan fingerprint density at radius 3 is 1.23 bits per heavy atom. The van der Waals surface area contributed by atoms with Gasteiger partial charge in [0.15, 0.2) is 0 Å². The monoisotopic (exact) mass is 692 g/mol. The molecule has 0 aromatic rings. The maximum absolute atomic E-state index is 12.3. The summed E-state index contributed by atoms with van der Waals surface area (Å²) in [6.45, 7) is 6.91. The van der Waals surface area contributed by atoms with Gasteiger partial charge in [-0.15, -0.1) is 0 Å². The second-order valence-corrected chi connectivity index (χ2v) is 15.6. The van der Waals surface area contributed by atoms with Crippen molar-refractivity contribution in [2.75, 3.05) is 53.7 Å². The Balaban J connectivity index is 4.01. The molecule has 0 aliphatic carbocycles. The molecule has 1 unspecified atom stereocenters. The zero-order valence-electron chi connectivity index (χ0n) is 32.0. The van der Waals surface area contributed by atoms with E-state index in [1.165, 1.54) is 161 Å². The van der Waals surface area contributed by atoms with Gasteiger partial charge in [-0.05, 0) is 26.9 Å². The molecule has 0 saturated carbocycles. The summed E-state index contributed by atoms with van der Waals surface area (Å²) in [5.41, 5.74) is 0. The number of nitrogens with zero attached hydrogens (tertiary/aromatic N) is 1. The summed E-state index contributed by atoms with van der Waals surface area (Å²) in [6, 6.07) is 0. The average molecular weight is 692 g/mol. The highest BCUT2D eigenvalue weighted by molar-refractivity contribution is 7.47. The number of phosphoric ester groups is 1. The SMILES string of the molecule is CCCCCCCCCCCCCCCCOC[C@H](COP(=O)(O)OCCN(C)C)OCCCCCCCCCCCCCCCC. The molecule has 0 bridgehead atoms. The predicted molar refractivity (Wildman–Crippen MR) is 201 cm³/mol. The van der Waals surface area contributed by atoms with E-state index in [0.717, 1.165) is 19.3 Å². The van der Waals surface area contributed by atoms with E-state index in [4.69, 9.17) is 18.5 Å². The number of hydrogen-bond acceptors (Lipinski definition) is 6. The summed E-state index contributed by atoms with van der Waals surface area (Å²) in [7, 11) is -0.332. The van der Waals surface area contributed by atoms with E-state index in [2.05, 4.69) is 13.8 Å². The van der Waals surface area contributed by atoms with Crippen molar-refractivity contribution in [1.82, 2.24) is 4.90 Å². The Hall–Kier alpha value is -0.0100. The first-order chi connectivity index (χ1) is 22.9. The molecule has 0 aromatic carbocycles. The molecule has 0 radical (unpaired) electrons. The van der Waals surface area contributed by atoms with E-state index in [9.17, 15) is 9.46 Å². The van der Waals surface area contributed by atoms with Crippen LogP contribution in [0.2, 0.25) is 0 Å². The van der Waals surface area contributed by atoms with Gasteiger partial charge in [0.1, 0.15) is 6.10 Å². The average Bonchev–Trinajstić information content (AvgIpc) is 3.04. The minimum Gasteiger partial charge on any atom is -0.379 e. The summed E-state index contributed by atoms with van der Waals surface area (Å²) in [5.74, 6) is 0. The van der Waals surface area contributed by atoms with E-state index in [1.54, 1.807) is 0 Å². The quantitative estimate of drug-likeness (QED) is 0.0506. The van der Waals surface area contributed by atoms with Crippen LogP contribution in [0.3, 0.4) is 0 Å². The van der Waals surface area contributed by atoms with Crippen molar-refractivity contribution in [3.8, 4) is 0 Å². The van der Waals surface area contributed by atoms with E-state index in [0.29, 0.717) is 26.4 Å². The van der Waals surface area contributed by atoms with Crippen molar-refractivity contribution in [2.45, 2.75) is 200 Å². The third kappa shape index (κ3) is 38.6. The Labute approximate surface area is 293 Å². The second-order valence-electron chi connectivity index (χ2n) is 14.2. The van der Waals surface area contributed by atoms with Crippen LogP contribution >= 0.6 is 7.82 Å². The molecule has 0 rings (SSSR count). The van der Waals surface area contributed by atoms with Crippen molar-refractivity contribution in [2.24, 2.45) is 0 Å². The first-order valence-corrected chi connectivity index (χ1v) is 21.9. The van der Waals surface area contributed by atoms with Crippen LogP contribution in [0, 0.1) is 0 Å². The topological polar surface area (TPSA) is 77.5 Å². The van der Waals surface area contributed by atoms with Crippen LogP contribution in [-0.2, 0) is 23.1 Å². The van der Waals surface area contributed by atoms with E-state index in [-0.39, 0.29) is 19.3 Å². The highest BCUT2D eigenvalue weighted by atomic mass is 31.2. The lowest BCUT2D eigenvalue weighted by Crippen LogP contribution is -2.26. The van der Waals surface area contributed by atoms with Crippen LogP contribution in [0.4, 0.5) is 0 Å². The third-order valence-electron chi connectivity index (χ3n) is 9.01. The van der Waals surface area contributed by atoms with Crippen LogP contribution < -0.4 is 0 Å². The van der Waals surface area contributed by atoms with Gasteiger partial charge >= 0.3 is 7.82 Å². The summed E-state index contributed by atoms with van der Waals surface area (Å²) >= 11 is 0. The fourth-order valence-corrected chi connectivity index (χ4v) is 6.60. The maximum Gasteiger partial charge on any atom is 0.472 e. The van der Waals surface area contributed by atoms with Gasteiger partial charge in [0, 0.05) is 19.8 Å². The van der Waals surface area contributed by atoms with Gasteiger partial charge in [-0.25, -0.2) is 4.57 Å². The van der Waals surface area contributed by atoms with Crippen LogP contribution in [-0.4, -0.2) is 69.6 Å². The zero-order chi connectivity index (χ0) is 34.5. The molecular formula is C39H82NO6P. The maximum atomic E-state index is 12.3. The number of hydrogen-bond donors (Lipinski definition) is 1. The fourth-order valence-electron chi connectivity index (χ4n) is 5.86. The molecule has 1 N–H and O–H groups in total. The van der Waals surface area contributed by atoms with Crippen LogP contribution in [0.25, 0.3) is 0 Å². The van der Waals surface area contributed by atoms with Gasteiger partial charge < -0.3 is 19.3 Å². The summed E-state index contributed by atoms with van der Waals surface area (Å²) in [4.78, 5) is 12.0. The van der Waals surface area contributed by atoms with Crippen molar-refractivity contribution < 1.29 is 28.0 Å². The molecular weight excluding hydrogens is 609 g/mol. The van der Waals surface area contributed by atoms with Gasteiger partial charge in [-0.3, -0.25) is 9.05 Å². The number of ether oxygens (including phenoxy) is 2. The van der Waals surface area contributed by atoms with Gasteiger partial charge in [-0.2, -0.15) is 0 Å². The molecule has 0 amide bonds. The summed E-state index contributed by atoms with van der Waals surface area (Å²) in [5, 5.41) is 0. The smallest absolute Gasteiger partial charge is 0.379 e. The molecule has 8 heteroatoms. The van der Waals surface area contributed by atoms with E-state index in [1.807, 2.05) is 19.0 Å². The molecule has 284 valence electrons. The predicted octanol–water partition coefficient (Wildman–Crippen LogP) is 12.0. The molecule has 0 spiro atoms. The van der Waals surface area contributed by atoms with Crippen molar-refractivity contribution in [3.63, 3.8) is 0 Å². The minimum atomic E-state index is -4.12. The van der Waals surface area contributed by atoms with Gasteiger partial charge in [0.25, 0.3) is 0 Å². The van der Waals surface area contributed by atoms with E-state index < -0.39 is 7.82 Å². The van der Waals surface area contributed by atoms with Crippen molar-refractivity contribution >= 4 is 7.82 Å². The van der Waals surface area contributed by atoms with Gasteiger partial charge in [0.05, 0.1) is 19.8 Å². The Morgan fingerprint density at radius 2 is 0.851 bits per heavy atom. The number of phosphoric acid groups is 1. The Kier molecular flexibility index (Phi) is 37.2. The fraction of sp³-hybridized carbons (Fsp3) is 1.00. The lowest BCUT2D eigenvalue weighted by molar-refractivity contribution is -0.0445. The summed E-state index contributed by atoms with van der Waals surface area (Å²) in [6.07, 6.45) is 36.8. The highest BCUT2D eigenvalue weighted by Gasteiger charge is 2.24. The lowest BCUT2D eigenvalue weighted by Gasteiger charge is -2.20. The van der Waals surface area contributed by atoms with Crippen LogP contribution in [0.5, 0.6) is 0 Å². The molecule has 0 aliphatic heterocycles. The Morgan fingerprint density at radius 1 is 0.489 bits per heavy atom. The number of likely N-dealkylation sites (N-methyl/N-ethyl adjacent to an activating group) is 1. The number of rotatable bonds is 40. The largest absolute Gasteiger partial charge is 0.472 e. The summed E-state index contributed by atoms with van der Waals surface area (Å²) < 4.78 is 34.7. The Bertz CT molecular complexity index is 653. The molecule has 0 saturated heterocycles. The second kappa shape index (κ2) is 37.3. The van der Waals surface area contributed by atoms with Gasteiger partial charge in [0.2, 0.25) is 0 Å². The first-order valence-electron chi connectivity index (χ1n) is 20.4. The van der Waals surface area contributed by atoms with Crippen LogP contribution in [0.1, 0.15) is 194 Å². The lowest BCUT2D eigenvalue weighted by atomic mass is 10.0. The molecule has 2 atom stereocenters. The van der Waals surface area contributed by atoms with E-state index >= 15 is 0 Å². The van der Waals surface area contributed by atoms with Crippen molar-refractivity contribution in [1.29, 1.82) is 0 Å².